The van der Waals surface area contributed by atoms with E-state index >= 15 is 0 Å². The maximum Gasteiger partial charge on any atom is 0.326 e. The normalized spacial score (nSPS) is 13.0. The molecule has 3 rings (SSSR count). The number of fused-ring (bicyclic) bond motifs is 1. The number of aryl methyl sites for hydroxylation is 1. The summed E-state index contributed by atoms with van der Waals surface area (Å²) in [6.07, 6.45) is 1.50. The van der Waals surface area contributed by atoms with E-state index in [-0.39, 0.29) is 10.8 Å². The summed E-state index contributed by atoms with van der Waals surface area (Å²) in [4.78, 5) is 11.7. The quantitative estimate of drug-likeness (QED) is 0.674. The van der Waals surface area contributed by atoms with Crippen molar-refractivity contribution in [3.63, 3.8) is 0 Å². The number of rotatable bonds is 6. The first-order valence-corrected chi connectivity index (χ1v) is 10.1. The molecule has 0 saturated carbocycles. The Balaban J connectivity index is 2.08. The molecule has 0 spiro atoms. The number of hydrogen-bond acceptors (Lipinski definition) is 4. The molecule has 0 aliphatic rings. The third-order valence-corrected chi connectivity index (χ3v) is 6.22. The SMILES string of the molecule is Cc1ccc(S(=O)(=O)n2ccc3c(N[C@H](C(=O)O)C(C)C)cccc32)cc1. The zero-order valence-corrected chi connectivity index (χ0v) is 16.2. The Morgan fingerprint density at radius 1 is 1.07 bits per heavy atom. The van der Waals surface area contributed by atoms with Gasteiger partial charge in [0.15, 0.2) is 0 Å². The number of aliphatic carboxylic acids is 1. The van der Waals surface area contributed by atoms with Gasteiger partial charge in [-0.3, -0.25) is 0 Å². The second-order valence-corrected chi connectivity index (χ2v) is 8.69. The lowest BCUT2D eigenvalue weighted by Crippen LogP contribution is -2.34. The Kier molecular flexibility index (Phi) is 4.97. The molecule has 2 N–H and O–H groups in total. The molecule has 27 heavy (non-hydrogen) atoms. The van der Waals surface area contributed by atoms with Crippen LogP contribution in [-0.2, 0) is 14.8 Å². The fourth-order valence-corrected chi connectivity index (χ4v) is 4.33. The van der Waals surface area contributed by atoms with Crippen LogP contribution in [0.15, 0.2) is 59.6 Å². The summed E-state index contributed by atoms with van der Waals surface area (Å²) in [6.45, 7) is 5.53. The lowest BCUT2D eigenvalue weighted by molar-refractivity contribution is -0.138. The van der Waals surface area contributed by atoms with Crippen molar-refractivity contribution in [3.8, 4) is 0 Å². The minimum atomic E-state index is -3.74. The van der Waals surface area contributed by atoms with Crippen molar-refractivity contribution < 1.29 is 18.3 Å². The molecule has 0 radical (unpaired) electrons. The highest BCUT2D eigenvalue weighted by Gasteiger charge is 2.23. The highest BCUT2D eigenvalue weighted by atomic mass is 32.2. The Bertz CT molecular complexity index is 1080. The lowest BCUT2D eigenvalue weighted by atomic mass is 10.0. The van der Waals surface area contributed by atoms with Crippen LogP contribution in [0.4, 0.5) is 5.69 Å². The predicted octanol–water partition coefficient (Wildman–Crippen LogP) is 3.71. The van der Waals surface area contributed by atoms with E-state index in [1.54, 1.807) is 48.5 Å². The molecule has 1 heterocycles. The van der Waals surface area contributed by atoms with Crippen molar-refractivity contribution in [3.05, 3.63) is 60.3 Å². The summed E-state index contributed by atoms with van der Waals surface area (Å²) in [5.41, 5.74) is 2.06. The number of benzene rings is 2. The molecule has 0 saturated heterocycles. The Morgan fingerprint density at radius 3 is 2.33 bits per heavy atom. The maximum absolute atomic E-state index is 13.0. The van der Waals surface area contributed by atoms with Gasteiger partial charge in [0.1, 0.15) is 6.04 Å². The van der Waals surface area contributed by atoms with E-state index in [1.165, 1.54) is 10.2 Å². The van der Waals surface area contributed by atoms with E-state index in [1.807, 2.05) is 20.8 Å². The molecule has 0 bridgehead atoms. The van der Waals surface area contributed by atoms with Gasteiger partial charge < -0.3 is 10.4 Å². The summed E-state index contributed by atoms with van der Waals surface area (Å²) in [5, 5.41) is 13.1. The fourth-order valence-electron chi connectivity index (χ4n) is 2.98. The van der Waals surface area contributed by atoms with Gasteiger partial charge in [0.2, 0.25) is 0 Å². The molecule has 6 nitrogen and oxygen atoms in total. The standard InChI is InChI=1S/C20H22N2O4S/c1-13(2)19(20(23)24)21-17-5-4-6-18-16(17)11-12-22(18)27(25,26)15-9-7-14(3)8-10-15/h4-13,19,21H,1-3H3,(H,23,24)/t19-/m0/s1. The van der Waals surface area contributed by atoms with Crippen molar-refractivity contribution in [2.45, 2.75) is 31.7 Å². The van der Waals surface area contributed by atoms with Crippen molar-refractivity contribution >= 4 is 32.6 Å². The van der Waals surface area contributed by atoms with Crippen LogP contribution in [0.1, 0.15) is 19.4 Å². The molecule has 0 unspecified atom stereocenters. The maximum atomic E-state index is 13.0. The number of hydrogen-bond donors (Lipinski definition) is 2. The molecule has 0 aliphatic heterocycles. The largest absolute Gasteiger partial charge is 0.480 e. The molecular formula is C20H22N2O4S. The van der Waals surface area contributed by atoms with Gasteiger partial charge in [-0.25, -0.2) is 17.2 Å². The van der Waals surface area contributed by atoms with Gasteiger partial charge in [0, 0.05) is 17.3 Å². The lowest BCUT2D eigenvalue weighted by Gasteiger charge is -2.20. The van der Waals surface area contributed by atoms with Crippen LogP contribution in [0.2, 0.25) is 0 Å². The minimum Gasteiger partial charge on any atom is -0.480 e. The first-order valence-electron chi connectivity index (χ1n) is 8.63. The van der Waals surface area contributed by atoms with Gasteiger partial charge in [-0.05, 0) is 43.2 Å². The topological polar surface area (TPSA) is 88.4 Å². The number of carboxylic acids is 1. The molecular weight excluding hydrogens is 364 g/mol. The second-order valence-electron chi connectivity index (χ2n) is 6.87. The number of carboxylic acid groups (broad SMARTS) is 1. The number of nitrogens with zero attached hydrogens (tertiary/aromatic N) is 1. The van der Waals surface area contributed by atoms with Crippen LogP contribution < -0.4 is 5.32 Å². The highest BCUT2D eigenvalue weighted by Crippen LogP contribution is 2.29. The Labute approximate surface area is 158 Å². The third kappa shape index (κ3) is 3.55. The average molecular weight is 386 g/mol. The fraction of sp³-hybridized carbons (Fsp3) is 0.250. The molecule has 0 amide bonds. The van der Waals surface area contributed by atoms with Gasteiger partial charge in [-0.1, -0.05) is 37.6 Å². The summed E-state index contributed by atoms with van der Waals surface area (Å²) >= 11 is 0. The van der Waals surface area contributed by atoms with Crippen molar-refractivity contribution in [2.24, 2.45) is 5.92 Å². The van der Waals surface area contributed by atoms with Gasteiger partial charge in [-0.15, -0.1) is 0 Å². The molecule has 0 aliphatic carbocycles. The van der Waals surface area contributed by atoms with Crippen LogP contribution in [0.5, 0.6) is 0 Å². The predicted molar refractivity (Wildman–Crippen MR) is 106 cm³/mol. The molecule has 7 heteroatoms. The first kappa shape index (κ1) is 19.0. The van der Waals surface area contributed by atoms with E-state index in [4.69, 9.17) is 0 Å². The molecule has 1 atom stereocenters. The molecule has 0 fully saturated rings. The average Bonchev–Trinajstić information content (AvgIpc) is 3.05. The van der Waals surface area contributed by atoms with E-state index in [0.29, 0.717) is 16.6 Å². The van der Waals surface area contributed by atoms with Crippen molar-refractivity contribution in [1.82, 2.24) is 3.97 Å². The van der Waals surface area contributed by atoms with Gasteiger partial charge in [-0.2, -0.15) is 0 Å². The highest BCUT2D eigenvalue weighted by molar-refractivity contribution is 7.90. The van der Waals surface area contributed by atoms with Gasteiger partial charge >= 0.3 is 5.97 Å². The smallest absolute Gasteiger partial charge is 0.326 e. The molecule has 3 aromatic rings. The second kappa shape index (κ2) is 7.08. The van der Waals surface area contributed by atoms with E-state index in [0.717, 1.165) is 5.56 Å². The summed E-state index contributed by atoms with van der Waals surface area (Å²) in [5.74, 6) is -1.08. The van der Waals surface area contributed by atoms with Crippen LogP contribution in [-0.4, -0.2) is 29.5 Å². The summed E-state index contributed by atoms with van der Waals surface area (Å²) < 4.78 is 27.3. The number of nitrogens with one attached hydrogen (secondary N) is 1. The van der Waals surface area contributed by atoms with Gasteiger partial charge in [0.05, 0.1) is 10.4 Å². The third-order valence-electron chi connectivity index (χ3n) is 4.52. The van der Waals surface area contributed by atoms with Crippen LogP contribution in [0, 0.1) is 12.8 Å². The Morgan fingerprint density at radius 2 is 1.74 bits per heavy atom. The minimum absolute atomic E-state index is 0.129. The van der Waals surface area contributed by atoms with Crippen LogP contribution in [0.25, 0.3) is 10.9 Å². The zero-order valence-electron chi connectivity index (χ0n) is 15.4. The summed E-state index contributed by atoms with van der Waals surface area (Å²) in [7, 11) is -3.74. The monoisotopic (exact) mass is 386 g/mol. The number of carbonyl (C=O) groups is 1. The van der Waals surface area contributed by atoms with E-state index in [9.17, 15) is 18.3 Å². The first-order chi connectivity index (χ1) is 12.7. The van der Waals surface area contributed by atoms with Crippen molar-refractivity contribution in [2.75, 3.05) is 5.32 Å². The molecule has 142 valence electrons. The van der Waals surface area contributed by atoms with E-state index in [2.05, 4.69) is 5.32 Å². The summed E-state index contributed by atoms with van der Waals surface area (Å²) in [6, 6.07) is 12.8. The molecule has 2 aromatic carbocycles. The van der Waals surface area contributed by atoms with Crippen molar-refractivity contribution in [1.29, 1.82) is 0 Å². The molecule has 1 aromatic heterocycles. The Hall–Kier alpha value is -2.80. The van der Waals surface area contributed by atoms with Crippen LogP contribution >= 0.6 is 0 Å². The van der Waals surface area contributed by atoms with E-state index < -0.39 is 22.0 Å². The van der Waals surface area contributed by atoms with Gasteiger partial charge in [0.25, 0.3) is 10.0 Å². The zero-order chi connectivity index (χ0) is 19.8. The number of aromatic nitrogens is 1. The number of anilines is 1. The van der Waals surface area contributed by atoms with Crippen LogP contribution in [0.3, 0.4) is 0 Å².